The van der Waals surface area contributed by atoms with Crippen LogP contribution < -0.4 is 10.6 Å². The Hall–Kier alpha value is -1.79. The van der Waals surface area contributed by atoms with Gasteiger partial charge in [0, 0.05) is 17.1 Å². The smallest absolute Gasteiger partial charge is 0.242 e. The fourth-order valence-corrected chi connectivity index (χ4v) is 2.76. The summed E-state index contributed by atoms with van der Waals surface area (Å²) in [4.78, 5) is 12.1. The van der Waals surface area contributed by atoms with Gasteiger partial charge in [0.25, 0.3) is 0 Å². The lowest BCUT2D eigenvalue weighted by Gasteiger charge is -2.10. The first-order valence-corrected chi connectivity index (χ1v) is 7.04. The molecule has 2 heterocycles. The molecule has 1 atom stereocenters. The summed E-state index contributed by atoms with van der Waals surface area (Å²) in [5, 5.41) is 10.9. The van der Waals surface area contributed by atoms with Crippen LogP contribution in [0.2, 0.25) is 0 Å². The van der Waals surface area contributed by atoms with E-state index in [1.165, 1.54) is 11.5 Å². The number of rotatable bonds is 3. The maximum absolute atomic E-state index is 12.1. The molecule has 1 aromatic carbocycles. The summed E-state index contributed by atoms with van der Waals surface area (Å²) in [6.07, 6.45) is 1.93. The van der Waals surface area contributed by atoms with Gasteiger partial charge in [0.2, 0.25) is 5.91 Å². The van der Waals surface area contributed by atoms with Gasteiger partial charge in [0.15, 0.2) is 0 Å². The molecule has 19 heavy (non-hydrogen) atoms. The predicted octanol–water partition coefficient (Wildman–Crippen LogP) is 1.90. The van der Waals surface area contributed by atoms with Gasteiger partial charge in [-0.2, -0.15) is 0 Å². The third kappa shape index (κ3) is 2.64. The first-order chi connectivity index (χ1) is 9.34. The summed E-state index contributed by atoms with van der Waals surface area (Å²) < 4.78 is 3.93. The highest BCUT2D eigenvalue weighted by Gasteiger charge is 2.23. The van der Waals surface area contributed by atoms with Crippen LogP contribution in [0.1, 0.15) is 12.8 Å². The highest BCUT2D eigenvalue weighted by atomic mass is 32.1. The molecule has 0 radical (unpaired) electrons. The van der Waals surface area contributed by atoms with Crippen LogP contribution in [0.5, 0.6) is 0 Å². The van der Waals surface area contributed by atoms with Crippen molar-refractivity contribution in [1.82, 2.24) is 14.9 Å². The zero-order valence-corrected chi connectivity index (χ0v) is 11.1. The summed E-state index contributed by atoms with van der Waals surface area (Å²) in [5.74, 6) is 0.000677. The molecule has 6 heteroatoms. The molecule has 0 spiro atoms. The second kappa shape index (κ2) is 5.46. The van der Waals surface area contributed by atoms with Crippen molar-refractivity contribution in [1.29, 1.82) is 0 Å². The molecular formula is C13H14N4OS. The molecule has 1 aromatic heterocycles. The third-order valence-corrected chi connectivity index (χ3v) is 3.79. The van der Waals surface area contributed by atoms with Gasteiger partial charge in [-0.3, -0.25) is 4.79 Å². The molecule has 1 aliphatic heterocycles. The van der Waals surface area contributed by atoms with Crippen molar-refractivity contribution >= 4 is 22.4 Å². The third-order valence-electron chi connectivity index (χ3n) is 3.15. The fraction of sp³-hybridized carbons (Fsp3) is 0.308. The van der Waals surface area contributed by atoms with Gasteiger partial charge in [-0.05, 0) is 19.4 Å². The van der Waals surface area contributed by atoms with E-state index in [4.69, 9.17) is 0 Å². The first-order valence-electron chi connectivity index (χ1n) is 6.26. The van der Waals surface area contributed by atoms with Crippen LogP contribution in [0, 0.1) is 0 Å². The number of carbonyl (C=O) groups excluding carboxylic acids is 1. The number of nitrogens with one attached hydrogen (secondary N) is 2. The minimum Gasteiger partial charge on any atom is -0.313 e. The zero-order valence-electron chi connectivity index (χ0n) is 10.3. The van der Waals surface area contributed by atoms with E-state index in [1.54, 1.807) is 0 Å². The van der Waals surface area contributed by atoms with Gasteiger partial charge in [0.05, 0.1) is 6.04 Å². The number of amides is 1. The van der Waals surface area contributed by atoms with Crippen LogP contribution in [0.3, 0.4) is 0 Å². The Balaban J connectivity index is 1.79. The van der Waals surface area contributed by atoms with E-state index < -0.39 is 0 Å². The molecule has 3 rings (SSSR count). The Kier molecular flexibility index (Phi) is 3.52. The van der Waals surface area contributed by atoms with Crippen molar-refractivity contribution < 1.29 is 4.79 Å². The number of nitrogens with zero attached hydrogens (tertiary/aromatic N) is 2. The molecule has 0 saturated carbocycles. The molecule has 1 amide bonds. The summed E-state index contributed by atoms with van der Waals surface area (Å²) in [7, 11) is 0. The van der Waals surface area contributed by atoms with Gasteiger partial charge >= 0.3 is 0 Å². The minimum absolute atomic E-state index is 0.000677. The quantitative estimate of drug-likeness (QED) is 0.897. The lowest BCUT2D eigenvalue weighted by atomic mass is 10.1. The topological polar surface area (TPSA) is 66.9 Å². The second-order valence-electron chi connectivity index (χ2n) is 4.45. The van der Waals surface area contributed by atoms with Crippen LogP contribution in [0.25, 0.3) is 11.3 Å². The number of hydrogen-bond donors (Lipinski definition) is 2. The van der Waals surface area contributed by atoms with Crippen molar-refractivity contribution in [2.45, 2.75) is 18.9 Å². The van der Waals surface area contributed by atoms with E-state index in [0.717, 1.165) is 30.6 Å². The Morgan fingerprint density at radius 2 is 2.21 bits per heavy atom. The lowest BCUT2D eigenvalue weighted by molar-refractivity contribution is -0.117. The van der Waals surface area contributed by atoms with Crippen molar-refractivity contribution in [2.75, 3.05) is 11.9 Å². The van der Waals surface area contributed by atoms with E-state index in [0.29, 0.717) is 5.00 Å². The highest BCUT2D eigenvalue weighted by molar-refractivity contribution is 7.10. The molecule has 1 fully saturated rings. The number of aromatic nitrogens is 2. The number of hydrogen-bond acceptors (Lipinski definition) is 5. The monoisotopic (exact) mass is 274 g/mol. The zero-order chi connectivity index (χ0) is 13.1. The Bertz CT molecular complexity index is 563. The molecule has 1 saturated heterocycles. The molecule has 5 nitrogen and oxygen atoms in total. The molecule has 0 bridgehead atoms. The van der Waals surface area contributed by atoms with Gasteiger partial charge in [0.1, 0.15) is 10.7 Å². The van der Waals surface area contributed by atoms with Crippen LogP contribution in [0.15, 0.2) is 30.3 Å². The van der Waals surface area contributed by atoms with E-state index in [1.807, 2.05) is 30.3 Å². The van der Waals surface area contributed by atoms with E-state index in [2.05, 4.69) is 20.2 Å². The molecule has 98 valence electrons. The van der Waals surface area contributed by atoms with Crippen molar-refractivity contribution in [2.24, 2.45) is 0 Å². The Morgan fingerprint density at radius 1 is 1.37 bits per heavy atom. The summed E-state index contributed by atoms with van der Waals surface area (Å²) in [6.45, 7) is 0.907. The van der Waals surface area contributed by atoms with Crippen LogP contribution >= 0.6 is 11.5 Å². The van der Waals surface area contributed by atoms with Gasteiger partial charge < -0.3 is 10.6 Å². The molecule has 0 aliphatic carbocycles. The minimum atomic E-state index is -0.0919. The Labute approximate surface area is 115 Å². The van der Waals surface area contributed by atoms with Crippen LogP contribution in [-0.4, -0.2) is 28.1 Å². The standard InChI is InChI=1S/C13H14N4OS/c18-12(10-7-4-8-14-10)15-13-11(16-17-19-13)9-5-2-1-3-6-9/h1-3,5-6,10,14H,4,7-8H2,(H,15,18). The van der Waals surface area contributed by atoms with Gasteiger partial charge in [-0.1, -0.05) is 34.8 Å². The molecule has 1 unspecified atom stereocenters. The number of carbonyl (C=O) groups is 1. The van der Waals surface area contributed by atoms with Crippen LogP contribution in [0.4, 0.5) is 5.00 Å². The summed E-state index contributed by atoms with van der Waals surface area (Å²) >= 11 is 1.21. The number of anilines is 1. The summed E-state index contributed by atoms with van der Waals surface area (Å²) in [5.41, 5.74) is 1.70. The maximum Gasteiger partial charge on any atom is 0.242 e. The van der Waals surface area contributed by atoms with Crippen molar-refractivity contribution in [3.8, 4) is 11.3 Å². The SMILES string of the molecule is O=C(Nc1snnc1-c1ccccc1)C1CCCN1. The predicted molar refractivity (Wildman–Crippen MR) is 75.0 cm³/mol. The molecule has 1 aliphatic rings. The largest absolute Gasteiger partial charge is 0.313 e. The van der Waals surface area contributed by atoms with Gasteiger partial charge in [-0.15, -0.1) is 5.10 Å². The normalized spacial score (nSPS) is 18.4. The Morgan fingerprint density at radius 3 is 2.95 bits per heavy atom. The van der Waals surface area contributed by atoms with E-state index in [-0.39, 0.29) is 11.9 Å². The second-order valence-corrected chi connectivity index (χ2v) is 5.21. The van der Waals surface area contributed by atoms with E-state index in [9.17, 15) is 4.79 Å². The fourth-order valence-electron chi connectivity index (χ4n) is 2.16. The highest BCUT2D eigenvalue weighted by Crippen LogP contribution is 2.28. The van der Waals surface area contributed by atoms with Crippen molar-refractivity contribution in [3.05, 3.63) is 30.3 Å². The van der Waals surface area contributed by atoms with Crippen molar-refractivity contribution in [3.63, 3.8) is 0 Å². The first kappa shape index (κ1) is 12.3. The van der Waals surface area contributed by atoms with E-state index >= 15 is 0 Å². The lowest BCUT2D eigenvalue weighted by Crippen LogP contribution is -2.35. The average molecular weight is 274 g/mol. The average Bonchev–Trinajstić information content (AvgIpc) is 3.11. The molecule has 2 aromatic rings. The van der Waals surface area contributed by atoms with Crippen LogP contribution in [-0.2, 0) is 4.79 Å². The maximum atomic E-state index is 12.1. The van der Waals surface area contributed by atoms with Gasteiger partial charge in [-0.25, -0.2) is 0 Å². The summed E-state index contributed by atoms with van der Waals surface area (Å²) in [6, 6.07) is 9.66. The molecule has 2 N–H and O–H groups in total. The number of benzene rings is 1. The molecular weight excluding hydrogens is 260 g/mol.